The van der Waals surface area contributed by atoms with Gasteiger partial charge in [0.2, 0.25) is 0 Å². The largest absolute Gasteiger partial charge is 0.449 e. The molecule has 35 heavy (non-hydrogen) atoms. The van der Waals surface area contributed by atoms with Crippen molar-refractivity contribution in [3.05, 3.63) is 99.6 Å². The molecule has 0 radical (unpaired) electrons. The van der Waals surface area contributed by atoms with Gasteiger partial charge in [-0.25, -0.2) is 4.79 Å². The minimum Gasteiger partial charge on any atom is -0.449 e. The van der Waals surface area contributed by atoms with Gasteiger partial charge < -0.3 is 14.2 Å². The average molecular weight is 499 g/mol. The Morgan fingerprint density at radius 3 is 2.31 bits per heavy atom. The topological polar surface area (TPSA) is 142 Å². The number of rotatable bonds is 9. The number of nitro groups is 1. The number of nitro benzene ring substituents is 1. The number of esters is 1. The summed E-state index contributed by atoms with van der Waals surface area (Å²) in [5.74, 6) is -1.37. The van der Waals surface area contributed by atoms with Crippen LogP contribution in [0.2, 0.25) is 0 Å². The van der Waals surface area contributed by atoms with Crippen LogP contribution >= 0.6 is 0 Å². The second kappa shape index (κ2) is 10.8. The zero-order valence-electron chi connectivity index (χ0n) is 18.8. The monoisotopic (exact) mass is 498 g/mol. The van der Waals surface area contributed by atoms with Gasteiger partial charge in [0.25, 0.3) is 11.6 Å². The lowest BCUT2D eigenvalue weighted by Crippen LogP contribution is -2.35. The molecule has 0 aliphatic rings. The van der Waals surface area contributed by atoms with E-state index >= 15 is 0 Å². The van der Waals surface area contributed by atoms with Crippen LogP contribution in [0.1, 0.15) is 28.4 Å². The lowest BCUT2D eigenvalue weighted by Gasteiger charge is -2.14. The van der Waals surface area contributed by atoms with Gasteiger partial charge in [-0.3, -0.25) is 14.9 Å². The number of non-ortho nitro benzene ring substituents is 1. The number of nitrogens with one attached hydrogen (secondary N) is 1. The predicted molar refractivity (Wildman–Crippen MR) is 125 cm³/mol. The summed E-state index contributed by atoms with van der Waals surface area (Å²) in [6.07, 6.45) is -1.06. The van der Waals surface area contributed by atoms with Crippen LogP contribution in [0.4, 0.5) is 5.69 Å². The molecule has 3 aromatic carbocycles. The molecular formula is C24H22N2O8S. The Balaban J connectivity index is 1.58. The molecule has 0 saturated carbocycles. The number of carbonyl (C=O) groups is 2. The van der Waals surface area contributed by atoms with E-state index in [-0.39, 0.29) is 22.8 Å². The number of hydrogen-bond donors (Lipinski definition) is 1. The van der Waals surface area contributed by atoms with Crippen molar-refractivity contribution in [1.29, 1.82) is 0 Å². The average Bonchev–Trinajstić information content (AvgIpc) is 2.83. The minimum absolute atomic E-state index is 0.0725. The molecule has 1 amide bonds. The van der Waals surface area contributed by atoms with Gasteiger partial charge in [0.05, 0.1) is 10.5 Å². The molecule has 1 atom stereocenters. The first-order valence-corrected chi connectivity index (χ1v) is 11.8. The molecule has 11 heteroatoms. The Hall–Kier alpha value is -4.25. The van der Waals surface area contributed by atoms with Crippen LogP contribution in [0.25, 0.3) is 0 Å². The highest BCUT2D eigenvalue weighted by Crippen LogP contribution is 2.22. The van der Waals surface area contributed by atoms with Crippen LogP contribution in [0, 0.1) is 17.0 Å². The minimum atomic E-state index is -4.34. The summed E-state index contributed by atoms with van der Waals surface area (Å²) in [7, 11) is -4.34. The van der Waals surface area contributed by atoms with E-state index in [1.807, 2.05) is 31.2 Å². The maximum absolute atomic E-state index is 12.4. The Morgan fingerprint density at radius 2 is 1.69 bits per heavy atom. The highest BCUT2D eigenvalue weighted by molar-refractivity contribution is 7.87. The molecule has 10 nitrogen and oxygen atoms in total. The zero-order valence-corrected chi connectivity index (χ0v) is 19.7. The zero-order chi connectivity index (χ0) is 25.6. The molecule has 3 rings (SSSR count). The van der Waals surface area contributed by atoms with Gasteiger partial charge >= 0.3 is 16.1 Å². The Bertz CT molecular complexity index is 1340. The third-order valence-corrected chi connectivity index (χ3v) is 6.10. The molecule has 3 aromatic rings. The molecule has 0 heterocycles. The van der Waals surface area contributed by atoms with Crippen LogP contribution in [-0.4, -0.2) is 31.3 Å². The van der Waals surface area contributed by atoms with E-state index in [9.17, 15) is 28.1 Å². The Labute approximate surface area is 201 Å². The summed E-state index contributed by atoms with van der Waals surface area (Å²) in [6.45, 7) is 3.68. The standard InChI is InChI=1S/C24H22N2O8S/c1-16-6-8-18(9-7-16)15-25-23(27)17(2)33-24(28)19-10-12-21(13-11-19)34-35(31,32)22-5-3-4-20(14-22)26(29)30/h3-14,17H,15H2,1-2H3,(H,25,27). The molecule has 0 aliphatic carbocycles. The van der Waals surface area contributed by atoms with Gasteiger partial charge in [0, 0.05) is 18.7 Å². The summed E-state index contributed by atoms with van der Waals surface area (Å²) >= 11 is 0. The number of hydrogen-bond acceptors (Lipinski definition) is 8. The molecule has 0 spiro atoms. The van der Waals surface area contributed by atoms with Crippen LogP contribution in [0.5, 0.6) is 5.75 Å². The number of benzene rings is 3. The molecule has 1 unspecified atom stereocenters. The smallest absolute Gasteiger partial charge is 0.339 e. The Kier molecular flexibility index (Phi) is 7.82. The van der Waals surface area contributed by atoms with Crippen molar-refractivity contribution < 1.29 is 31.9 Å². The van der Waals surface area contributed by atoms with E-state index in [1.54, 1.807) is 0 Å². The molecule has 0 saturated heterocycles. The predicted octanol–water partition coefficient (Wildman–Crippen LogP) is 3.53. The van der Waals surface area contributed by atoms with Crippen LogP contribution in [0.3, 0.4) is 0 Å². The summed E-state index contributed by atoms with van der Waals surface area (Å²) in [5, 5.41) is 13.6. The van der Waals surface area contributed by atoms with Crippen LogP contribution in [0.15, 0.2) is 77.7 Å². The summed E-state index contributed by atoms with van der Waals surface area (Å²) in [5.41, 5.74) is 1.67. The second-order valence-electron chi connectivity index (χ2n) is 7.57. The number of amides is 1. The third-order valence-electron chi connectivity index (χ3n) is 4.85. The van der Waals surface area contributed by atoms with E-state index in [1.165, 1.54) is 43.3 Å². The first-order valence-electron chi connectivity index (χ1n) is 10.4. The van der Waals surface area contributed by atoms with E-state index < -0.39 is 38.7 Å². The second-order valence-corrected chi connectivity index (χ2v) is 9.11. The van der Waals surface area contributed by atoms with Crippen molar-refractivity contribution in [3.63, 3.8) is 0 Å². The van der Waals surface area contributed by atoms with E-state index in [0.29, 0.717) is 0 Å². The fourth-order valence-corrected chi connectivity index (χ4v) is 3.87. The third kappa shape index (κ3) is 6.87. The summed E-state index contributed by atoms with van der Waals surface area (Å²) < 4.78 is 35.0. The first-order chi connectivity index (χ1) is 16.5. The van der Waals surface area contributed by atoms with E-state index in [2.05, 4.69) is 5.32 Å². The highest BCUT2D eigenvalue weighted by Gasteiger charge is 2.21. The highest BCUT2D eigenvalue weighted by atomic mass is 32.2. The number of carbonyl (C=O) groups excluding carboxylic acids is 2. The van der Waals surface area contributed by atoms with Crippen molar-refractivity contribution in [2.24, 2.45) is 0 Å². The van der Waals surface area contributed by atoms with Gasteiger partial charge in [0.15, 0.2) is 6.10 Å². The van der Waals surface area contributed by atoms with Crippen molar-refractivity contribution in [3.8, 4) is 5.75 Å². The lowest BCUT2D eigenvalue weighted by atomic mass is 10.1. The fraction of sp³-hybridized carbons (Fsp3) is 0.167. The quantitative estimate of drug-likeness (QED) is 0.204. The van der Waals surface area contributed by atoms with E-state index in [0.717, 1.165) is 23.3 Å². The molecule has 0 bridgehead atoms. The number of ether oxygens (including phenoxy) is 1. The fourth-order valence-electron chi connectivity index (χ4n) is 2.89. The van der Waals surface area contributed by atoms with Crippen molar-refractivity contribution in [2.45, 2.75) is 31.4 Å². The first kappa shape index (κ1) is 25.4. The van der Waals surface area contributed by atoms with Crippen molar-refractivity contribution in [1.82, 2.24) is 5.32 Å². The molecule has 182 valence electrons. The molecular weight excluding hydrogens is 476 g/mol. The Morgan fingerprint density at radius 1 is 1.03 bits per heavy atom. The van der Waals surface area contributed by atoms with Gasteiger partial charge in [-0.05, 0) is 49.7 Å². The van der Waals surface area contributed by atoms with Gasteiger partial charge in [-0.1, -0.05) is 35.9 Å². The lowest BCUT2D eigenvalue weighted by molar-refractivity contribution is -0.385. The van der Waals surface area contributed by atoms with Crippen molar-refractivity contribution in [2.75, 3.05) is 0 Å². The maximum Gasteiger partial charge on any atom is 0.339 e. The van der Waals surface area contributed by atoms with Gasteiger partial charge in [-0.15, -0.1) is 0 Å². The summed E-state index contributed by atoms with van der Waals surface area (Å²) in [6, 6.07) is 17.1. The molecule has 0 aliphatic heterocycles. The van der Waals surface area contributed by atoms with Crippen LogP contribution < -0.4 is 9.50 Å². The normalized spacial score (nSPS) is 11.8. The molecule has 1 N–H and O–H groups in total. The van der Waals surface area contributed by atoms with Crippen LogP contribution in [-0.2, 0) is 26.2 Å². The van der Waals surface area contributed by atoms with E-state index in [4.69, 9.17) is 8.92 Å². The number of nitrogens with zero attached hydrogens (tertiary/aromatic N) is 1. The summed E-state index contributed by atoms with van der Waals surface area (Å²) in [4.78, 5) is 34.4. The van der Waals surface area contributed by atoms with Gasteiger partial charge in [0.1, 0.15) is 10.6 Å². The SMILES string of the molecule is Cc1ccc(CNC(=O)C(C)OC(=O)c2ccc(OS(=O)(=O)c3cccc([N+](=O)[O-])c3)cc2)cc1. The molecule has 0 fully saturated rings. The number of aryl methyl sites for hydroxylation is 1. The maximum atomic E-state index is 12.4. The van der Waals surface area contributed by atoms with Gasteiger partial charge in [-0.2, -0.15) is 8.42 Å². The van der Waals surface area contributed by atoms with Crippen molar-refractivity contribution >= 4 is 27.7 Å². The molecule has 0 aromatic heterocycles.